The van der Waals surface area contributed by atoms with Crippen LogP contribution in [0.2, 0.25) is 4.34 Å². The first kappa shape index (κ1) is 14.0. The van der Waals surface area contributed by atoms with E-state index < -0.39 is 0 Å². The zero-order valence-electron chi connectivity index (χ0n) is 11.3. The number of rotatable bonds is 3. The number of carbonyl (C=O) groups is 1. The van der Waals surface area contributed by atoms with Crippen molar-refractivity contribution in [2.45, 2.75) is 13.0 Å². The van der Waals surface area contributed by atoms with E-state index in [1.807, 2.05) is 49.4 Å². The normalized spacial score (nSPS) is 12.3. The number of nitrogens with zero attached hydrogens (tertiary/aromatic N) is 1. The summed E-state index contributed by atoms with van der Waals surface area (Å²) in [5.74, 6) is -0.177. The molecule has 106 valence electrons. The lowest BCUT2D eigenvalue weighted by atomic mass is 10.1. The molecule has 3 rings (SSSR count). The molecule has 2 aromatic heterocycles. The molecule has 0 aliphatic carbocycles. The number of hydrogen-bond acceptors (Lipinski definition) is 3. The number of thiophene rings is 1. The standard InChI is InChI=1S/C16H13ClN2OS/c1-10(13-6-7-14(17)21-13)19-16(20)15-12-5-3-2-4-11(12)8-9-18-15/h2-10H,1H3,(H,19,20). The van der Waals surface area contributed by atoms with Crippen LogP contribution >= 0.6 is 22.9 Å². The highest BCUT2D eigenvalue weighted by Crippen LogP contribution is 2.27. The van der Waals surface area contributed by atoms with Gasteiger partial charge in [-0.3, -0.25) is 9.78 Å². The monoisotopic (exact) mass is 316 g/mol. The largest absolute Gasteiger partial charge is 0.343 e. The molecule has 0 aliphatic rings. The van der Waals surface area contributed by atoms with Crippen LogP contribution < -0.4 is 5.32 Å². The Kier molecular flexibility index (Phi) is 3.90. The minimum atomic E-state index is -0.177. The summed E-state index contributed by atoms with van der Waals surface area (Å²) in [7, 11) is 0. The average molecular weight is 317 g/mol. The second-order valence-corrected chi connectivity index (χ2v) is 6.46. The molecule has 0 radical (unpaired) electrons. The van der Waals surface area contributed by atoms with Crippen LogP contribution in [0.15, 0.2) is 48.7 Å². The van der Waals surface area contributed by atoms with Gasteiger partial charge in [0.25, 0.3) is 5.91 Å². The molecule has 1 aromatic carbocycles. The van der Waals surface area contributed by atoms with Gasteiger partial charge in [-0.05, 0) is 30.5 Å². The predicted molar refractivity (Wildman–Crippen MR) is 87.0 cm³/mol. The number of hydrogen-bond donors (Lipinski definition) is 1. The number of benzene rings is 1. The van der Waals surface area contributed by atoms with Gasteiger partial charge in [-0.1, -0.05) is 35.9 Å². The SMILES string of the molecule is CC(NC(=O)c1nccc2ccccc12)c1ccc(Cl)s1. The number of carbonyl (C=O) groups excluding carboxylic acids is 1. The molecule has 2 heterocycles. The van der Waals surface area contributed by atoms with Crippen molar-refractivity contribution in [3.05, 3.63) is 63.6 Å². The number of pyridine rings is 1. The number of amides is 1. The lowest BCUT2D eigenvalue weighted by Gasteiger charge is -2.12. The van der Waals surface area contributed by atoms with E-state index in [9.17, 15) is 4.79 Å². The first-order valence-corrected chi connectivity index (χ1v) is 7.74. The Labute approximate surface area is 131 Å². The van der Waals surface area contributed by atoms with Crippen LogP contribution in [0.25, 0.3) is 10.8 Å². The van der Waals surface area contributed by atoms with E-state index in [1.54, 1.807) is 6.20 Å². The van der Waals surface area contributed by atoms with Crippen molar-refractivity contribution < 1.29 is 4.79 Å². The predicted octanol–water partition coefficient (Wildman–Crippen LogP) is 4.44. The molecule has 3 aromatic rings. The molecule has 1 atom stereocenters. The molecule has 0 saturated carbocycles. The lowest BCUT2D eigenvalue weighted by molar-refractivity contribution is 0.0937. The van der Waals surface area contributed by atoms with E-state index in [0.717, 1.165) is 20.0 Å². The van der Waals surface area contributed by atoms with Gasteiger partial charge in [0.1, 0.15) is 5.69 Å². The van der Waals surface area contributed by atoms with Crippen LogP contribution in [0, 0.1) is 0 Å². The van der Waals surface area contributed by atoms with Gasteiger partial charge in [0.15, 0.2) is 0 Å². The van der Waals surface area contributed by atoms with Crippen LogP contribution in [0.1, 0.15) is 28.3 Å². The summed E-state index contributed by atoms with van der Waals surface area (Å²) in [6, 6.07) is 13.3. The topological polar surface area (TPSA) is 42.0 Å². The molecule has 1 N–H and O–H groups in total. The Bertz CT molecular complexity index is 794. The molecule has 0 spiro atoms. The Balaban J connectivity index is 1.87. The van der Waals surface area contributed by atoms with E-state index in [0.29, 0.717) is 5.69 Å². The summed E-state index contributed by atoms with van der Waals surface area (Å²) in [4.78, 5) is 17.7. The summed E-state index contributed by atoms with van der Waals surface area (Å²) in [5, 5.41) is 4.83. The highest BCUT2D eigenvalue weighted by Gasteiger charge is 2.16. The van der Waals surface area contributed by atoms with Crippen LogP contribution in [-0.4, -0.2) is 10.9 Å². The van der Waals surface area contributed by atoms with Crippen molar-refractivity contribution in [2.75, 3.05) is 0 Å². The summed E-state index contributed by atoms with van der Waals surface area (Å²) in [5.41, 5.74) is 0.447. The van der Waals surface area contributed by atoms with E-state index >= 15 is 0 Å². The molecule has 0 aliphatic heterocycles. The van der Waals surface area contributed by atoms with Gasteiger partial charge < -0.3 is 5.32 Å². The summed E-state index contributed by atoms with van der Waals surface area (Å²) < 4.78 is 0.717. The molecular weight excluding hydrogens is 304 g/mol. The first-order chi connectivity index (χ1) is 10.1. The maximum Gasteiger partial charge on any atom is 0.271 e. The summed E-state index contributed by atoms with van der Waals surface area (Å²) in [6.07, 6.45) is 1.66. The van der Waals surface area contributed by atoms with Crippen molar-refractivity contribution in [1.82, 2.24) is 10.3 Å². The molecule has 0 fully saturated rings. The second-order valence-electron chi connectivity index (χ2n) is 4.72. The Morgan fingerprint density at radius 2 is 2.05 bits per heavy atom. The molecule has 5 heteroatoms. The third-order valence-electron chi connectivity index (χ3n) is 3.26. The first-order valence-electron chi connectivity index (χ1n) is 6.55. The Hall–Kier alpha value is -1.91. The van der Waals surface area contributed by atoms with E-state index in [-0.39, 0.29) is 11.9 Å². The number of nitrogens with one attached hydrogen (secondary N) is 1. The average Bonchev–Trinajstić information content (AvgIpc) is 2.93. The van der Waals surface area contributed by atoms with Gasteiger partial charge in [-0.15, -0.1) is 11.3 Å². The highest BCUT2D eigenvalue weighted by atomic mass is 35.5. The maximum atomic E-state index is 12.4. The molecule has 3 nitrogen and oxygen atoms in total. The molecule has 21 heavy (non-hydrogen) atoms. The van der Waals surface area contributed by atoms with Gasteiger partial charge in [0, 0.05) is 16.5 Å². The second kappa shape index (κ2) is 5.84. The van der Waals surface area contributed by atoms with E-state index in [1.165, 1.54) is 11.3 Å². The van der Waals surface area contributed by atoms with Crippen molar-refractivity contribution in [3.63, 3.8) is 0 Å². The molecule has 1 unspecified atom stereocenters. The Morgan fingerprint density at radius 3 is 2.81 bits per heavy atom. The lowest BCUT2D eigenvalue weighted by Crippen LogP contribution is -2.27. The third-order valence-corrected chi connectivity index (χ3v) is 4.67. The number of aromatic nitrogens is 1. The van der Waals surface area contributed by atoms with Crippen LogP contribution in [0.3, 0.4) is 0 Å². The smallest absolute Gasteiger partial charge is 0.271 e. The molecule has 0 saturated heterocycles. The summed E-state index contributed by atoms with van der Waals surface area (Å²) in [6.45, 7) is 1.94. The zero-order valence-corrected chi connectivity index (χ0v) is 12.9. The fraction of sp³-hybridized carbons (Fsp3) is 0.125. The summed E-state index contributed by atoms with van der Waals surface area (Å²) >= 11 is 7.40. The molecule has 1 amide bonds. The molecule has 0 bridgehead atoms. The fourth-order valence-electron chi connectivity index (χ4n) is 2.20. The van der Waals surface area contributed by atoms with E-state index in [2.05, 4.69) is 10.3 Å². The van der Waals surface area contributed by atoms with Crippen molar-refractivity contribution in [1.29, 1.82) is 0 Å². The maximum absolute atomic E-state index is 12.4. The van der Waals surface area contributed by atoms with Gasteiger partial charge in [-0.2, -0.15) is 0 Å². The Morgan fingerprint density at radius 1 is 1.24 bits per heavy atom. The number of halogens is 1. The minimum Gasteiger partial charge on any atom is -0.343 e. The van der Waals surface area contributed by atoms with Gasteiger partial charge >= 0.3 is 0 Å². The van der Waals surface area contributed by atoms with Gasteiger partial charge in [-0.25, -0.2) is 0 Å². The van der Waals surface area contributed by atoms with Crippen LogP contribution in [0.4, 0.5) is 0 Å². The quantitative estimate of drug-likeness (QED) is 0.776. The van der Waals surface area contributed by atoms with Crippen molar-refractivity contribution >= 4 is 39.6 Å². The molecular formula is C16H13ClN2OS. The van der Waals surface area contributed by atoms with Crippen molar-refractivity contribution in [3.8, 4) is 0 Å². The minimum absolute atomic E-state index is 0.101. The van der Waals surface area contributed by atoms with Gasteiger partial charge in [0.2, 0.25) is 0 Å². The fourth-order valence-corrected chi connectivity index (χ4v) is 3.26. The highest BCUT2D eigenvalue weighted by molar-refractivity contribution is 7.16. The third kappa shape index (κ3) is 2.91. The van der Waals surface area contributed by atoms with Gasteiger partial charge in [0.05, 0.1) is 10.4 Å². The van der Waals surface area contributed by atoms with Crippen molar-refractivity contribution in [2.24, 2.45) is 0 Å². The van der Waals surface area contributed by atoms with Crippen LogP contribution in [0.5, 0.6) is 0 Å². The number of fused-ring (bicyclic) bond motifs is 1. The van der Waals surface area contributed by atoms with Crippen LogP contribution in [-0.2, 0) is 0 Å². The zero-order chi connectivity index (χ0) is 14.8. The van der Waals surface area contributed by atoms with E-state index in [4.69, 9.17) is 11.6 Å².